The summed E-state index contributed by atoms with van der Waals surface area (Å²) in [7, 11) is 0. The summed E-state index contributed by atoms with van der Waals surface area (Å²) in [6, 6.07) is 8.36. The van der Waals surface area contributed by atoms with Crippen LogP contribution in [0.15, 0.2) is 41.2 Å². The van der Waals surface area contributed by atoms with Gasteiger partial charge >= 0.3 is 0 Å². The highest BCUT2D eigenvalue weighted by molar-refractivity contribution is 5.94. The number of rotatable bonds is 6. The van der Waals surface area contributed by atoms with Crippen LogP contribution in [0.4, 0.5) is 0 Å². The van der Waals surface area contributed by atoms with Crippen molar-refractivity contribution < 1.29 is 9.90 Å². The Balaban J connectivity index is 1.80. The van der Waals surface area contributed by atoms with Crippen molar-refractivity contribution in [2.45, 2.75) is 26.0 Å². The van der Waals surface area contributed by atoms with E-state index in [1.165, 1.54) is 17.3 Å². The van der Waals surface area contributed by atoms with Crippen LogP contribution in [-0.4, -0.2) is 47.9 Å². The number of aliphatic hydroxyl groups excluding tert-OH is 1. The third kappa shape index (κ3) is 4.91. The standard InChI is InChI=1S/C17H24N4O2/c1-2-19-16(9-18)17(23)20-10-15(22)12-21-8-7-13-5-3-4-6-14(13)11-21/h2-6,9,15,22H,7-8,10-12,18H2,1H3,(H,20,23)/b16-9-,19-2-. The van der Waals surface area contributed by atoms with E-state index in [2.05, 4.69) is 33.4 Å². The maximum Gasteiger partial charge on any atom is 0.271 e. The van der Waals surface area contributed by atoms with Crippen LogP contribution in [0.5, 0.6) is 0 Å². The first-order chi connectivity index (χ1) is 11.1. The van der Waals surface area contributed by atoms with E-state index in [1.54, 1.807) is 6.92 Å². The molecule has 23 heavy (non-hydrogen) atoms. The number of hydrogen-bond donors (Lipinski definition) is 3. The number of fused-ring (bicyclic) bond motifs is 1. The van der Waals surface area contributed by atoms with Crippen molar-refractivity contribution in [3.63, 3.8) is 0 Å². The molecular formula is C17H24N4O2. The third-order valence-electron chi connectivity index (χ3n) is 3.84. The number of nitrogens with one attached hydrogen (secondary N) is 1. The van der Waals surface area contributed by atoms with Crippen molar-refractivity contribution in [1.82, 2.24) is 10.2 Å². The Kier molecular flexibility index (Phi) is 6.31. The Hall–Kier alpha value is -2.18. The minimum atomic E-state index is -0.631. The van der Waals surface area contributed by atoms with Gasteiger partial charge in [0.15, 0.2) is 0 Å². The molecule has 1 amide bonds. The van der Waals surface area contributed by atoms with Crippen molar-refractivity contribution in [2.24, 2.45) is 10.7 Å². The van der Waals surface area contributed by atoms with Crippen LogP contribution in [0, 0.1) is 0 Å². The average Bonchev–Trinajstić information content (AvgIpc) is 2.57. The molecule has 1 heterocycles. The van der Waals surface area contributed by atoms with Crippen molar-refractivity contribution >= 4 is 12.1 Å². The van der Waals surface area contributed by atoms with Gasteiger partial charge in [-0.3, -0.25) is 14.7 Å². The fraction of sp³-hybridized carbons (Fsp3) is 0.412. The van der Waals surface area contributed by atoms with Crippen molar-refractivity contribution in [2.75, 3.05) is 19.6 Å². The van der Waals surface area contributed by atoms with E-state index in [0.29, 0.717) is 6.54 Å². The first kappa shape index (κ1) is 17.2. The normalized spacial score (nSPS) is 17.0. The van der Waals surface area contributed by atoms with Gasteiger partial charge in [-0.25, -0.2) is 0 Å². The number of carbonyl (C=O) groups is 1. The Bertz CT molecular complexity index is 598. The predicted octanol–water partition coefficient (Wildman–Crippen LogP) is 0.413. The predicted molar refractivity (Wildman–Crippen MR) is 90.9 cm³/mol. The zero-order valence-corrected chi connectivity index (χ0v) is 13.4. The van der Waals surface area contributed by atoms with Crippen LogP contribution >= 0.6 is 0 Å². The molecule has 2 rings (SSSR count). The Labute approximate surface area is 136 Å². The molecule has 0 spiro atoms. The number of carbonyl (C=O) groups excluding carboxylic acids is 1. The maximum atomic E-state index is 11.8. The number of benzene rings is 1. The Morgan fingerprint density at radius 2 is 2.22 bits per heavy atom. The second kappa shape index (κ2) is 8.45. The van der Waals surface area contributed by atoms with E-state index in [9.17, 15) is 9.90 Å². The minimum Gasteiger partial charge on any atom is -0.403 e. The van der Waals surface area contributed by atoms with Gasteiger partial charge in [0.25, 0.3) is 5.91 Å². The van der Waals surface area contributed by atoms with Gasteiger partial charge in [0.1, 0.15) is 5.70 Å². The van der Waals surface area contributed by atoms with E-state index in [4.69, 9.17) is 5.73 Å². The molecule has 6 nitrogen and oxygen atoms in total. The molecule has 1 aliphatic heterocycles. The summed E-state index contributed by atoms with van der Waals surface area (Å²) >= 11 is 0. The second-order valence-corrected chi connectivity index (χ2v) is 5.56. The zero-order valence-electron chi connectivity index (χ0n) is 13.4. The summed E-state index contributed by atoms with van der Waals surface area (Å²) in [5.74, 6) is -0.381. The zero-order chi connectivity index (χ0) is 16.7. The highest BCUT2D eigenvalue weighted by Crippen LogP contribution is 2.18. The molecule has 1 aliphatic rings. The van der Waals surface area contributed by atoms with Crippen molar-refractivity contribution in [3.05, 3.63) is 47.3 Å². The molecule has 0 radical (unpaired) electrons. The molecule has 0 aromatic heterocycles. The summed E-state index contributed by atoms with van der Waals surface area (Å²) in [5, 5.41) is 12.8. The molecule has 1 atom stereocenters. The molecule has 1 aromatic rings. The molecule has 0 saturated heterocycles. The molecule has 0 saturated carbocycles. The number of β-amino-alcohol motifs (C(OH)–C–C–N with tert-alkyl or cyclic N) is 1. The number of nitrogens with zero attached hydrogens (tertiary/aromatic N) is 2. The fourth-order valence-corrected chi connectivity index (χ4v) is 2.69. The van der Waals surface area contributed by atoms with Gasteiger partial charge in [-0.15, -0.1) is 0 Å². The Morgan fingerprint density at radius 3 is 2.91 bits per heavy atom. The van der Waals surface area contributed by atoms with E-state index in [-0.39, 0.29) is 18.1 Å². The largest absolute Gasteiger partial charge is 0.403 e. The number of hydrogen-bond acceptors (Lipinski definition) is 5. The molecule has 0 bridgehead atoms. The van der Waals surface area contributed by atoms with Gasteiger partial charge in [-0.05, 0) is 24.5 Å². The molecule has 1 unspecified atom stereocenters. The van der Waals surface area contributed by atoms with Gasteiger partial charge in [-0.2, -0.15) is 0 Å². The van der Waals surface area contributed by atoms with Crippen LogP contribution in [-0.2, 0) is 17.8 Å². The Morgan fingerprint density at radius 1 is 1.48 bits per heavy atom. The quantitative estimate of drug-likeness (QED) is 0.524. The monoisotopic (exact) mass is 316 g/mol. The lowest BCUT2D eigenvalue weighted by molar-refractivity contribution is -0.118. The molecule has 6 heteroatoms. The lowest BCUT2D eigenvalue weighted by Crippen LogP contribution is -2.42. The van der Waals surface area contributed by atoms with E-state index in [1.807, 2.05) is 6.07 Å². The van der Waals surface area contributed by atoms with Crippen LogP contribution in [0.2, 0.25) is 0 Å². The van der Waals surface area contributed by atoms with Crippen molar-refractivity contribution in [1.29, 1.82) is 0 Å². The van der Waals surface area contributed by atoms with Crippen LogP contribution in [0.3, 0.4) is 0 Å². The highest BCUT2D eigenvalue weighted by atomic mass is 16.3. The van der Waals surface area contributed by atoms with E-state index < -0.39 is 6.10 Å². The molecule has 124 valence electrons. The maximum absolute atomic E-state index is 11.8. The highest BCUT2D eigenvalue weighted by Gasteiger charge is 2.19. The van der Waals surface area contributed by atoms with Gasteiger partial charge in [0.2, 0.25) is 0 Å². The van der Waals surface area contributed by atoms with E-state index in [0.717, 1.165) is 25.7 Å². The molecular weight excluding hydrogens is 292 g/mol. The van der Waals surface area contributed by atoms with E-state index >= 15 is 0 Å². The smallest absolute Gasteiger partial charge is 0.271 e. The van der Waals surface area contributed by atoms with Gasteiger partial charge in [0, 0.05) is 38.6 Å². The average molecular weight is 316 g/mol. The number of amides is 1. The summed E-state index contributed by atoms with van der Waals surface area (Å²) in [6.07, 6.45) is 3.01. The van der Waals surface area contributed by atoms with Crippen LogP contribution in [0.25, 0.3) is 0 Å². The first-order valence-corrected chi connectivity index (χ1v) is 7.80. The van der Waals surface area contributed by atoms with Gasteiger partial charge in [0.05, 0.1) is 6.10 Å². The lowest BCUT2D eigenvalue weighted by atomic mass is 10.00. The fourth-order valence-electron chi connectivity index (χ4n) is 2.69. The molecule has 0 fully saturated rings. The summed E-state index contributed by atoms with van der Waals surface area (Å²) in [4.78, 5) is 17.9. The van der Waals surface area contributed by atoms with Crippen LogP contribution in [0.1, 0.15) is 18.1 Å². The number of aliphatic hydroxyl groups is 1. The van der Waals surface area contributed by atoms with Crippen molar-refractivity contribution in [3.8, 4) is 0 Å². The summed E-state index contributed by atoms with van der Waals surface area (Å²) in [6.45, 7) is 4.14. The summed E-state index contributed by atoms with van der Waals surface area (Å²) < 4.78 is 0. The summed E-state index contributed by atoms with van der Waals surface area (Å²) in [5.41, 5.74) is 8.18. The lowest BCUT2D eigenvalue weighted by Gasteiger charge is -2.30. The second-order valence-electron chi connectivity index (χ2n) is 5.56. The molecule has 1 aromatic carbocycles. The SMILES string of the molecule is C/C=N\C(=C/N)C(=O)NCC(O)CN1CCc2ccccc2C1. The third-order valence-corrected chi connectivity index (χ3v) is 3.84. The van der Waals surface area contributed by atoms with Crippen LogP contribution < -0.4 is 11.1 Å². The van der Waals surface area contributed by atoms with Gasteiger partial charge in [-0.1, -0.05) is 24.3 Å². The molecule has 0 aliphatic carbocycles. The van der Waals surface area contributed by atoms with Gasteiger partial charge < -0.3 is 16.2 Å². The number of nitrogens with two attached hydrogens (primary N) is 1. The minimum absolute atomic E-state index is 0.145. The topological polar surface area (TPSA) is 90.9 Å². The first-order valence-electron chi connectivity index (χ1n) is 7.80. The molecule has 4 N–H and O–H groups in total. The number of aliphatic imine (C=N–C) groups is 1.